The number of allylic oxidation sites excluding steroid dienone is 2. The number of aryl methyl sites for hydroxylation is 1. The van der Waals surface area contributed by atoms with Crippen LogP contribution in [0.5, 0.6) is 0 Å². The lowest BCUT2D eigenvalue weighted by atomic mass is 9.95. The van der Waals surface area contributed by atoms with Gasteiger partial charge in [0.15, 0.2) is 0 Å². The van der Waals surface area contributed by atoms with Gasteiger partial charge in [-0.2, -0.15) is 0 Å². The van der Waals surface area contributed by atoms with Gasteiger partial charge in [-0.15, -0.1) is 0 Å². The van der Waals surface area contributed by atoms with Crippen molar-refractivity contribution in [1.82, 2.24) is 0 Å². The van der Waals surface area contributed by atoms with Crippen LogP contribution >= 0.6 is 0 Å². The molecule has 0 aromatic heterocycles. The minimum Gasteiger partial charge on any atom is -0.399 e. The Morgan fingerprint density at radius 1 is 1.11 bits per heavy atom. The first kappa shape index (κ1) is 12.2. The van der Waals surface area contributed by atoms with Crippen LogP contribution in [0.25, 0.3) is 17.2 Å². The van der Waals surface area contributed by atoms with Gasteiger partial charge in [0.2, 0.25) is 0 Å². The topological polar surface area (TPSA) is 26.0 Å². The van der Waals surface area contributed by atoms with E-state index in [0.29, 0.717) is 0 Å². The molecule has 0 atom stereocenters. The summed E-state index contributed by atoms with van der Waals surface area (Å²) in [6, 6.07) is 14.3. The molecule has 0 aliphatic carbocycles. The zero-order valence-electron chi connectivity index (χ0n) is 10.6. The van der Waals surface area contributed by atoms with Crippen LogP contribution in [0.15, 0.2) is 61.2 Å². The molecule has 0 amide bonds. The first-order valence-electron chi connectivity index (χ1n) is 5.97. The van der Waals surface area contributed by atoms with E-state index >= 15 is 0 Å². The quantitative estimate of drug-likeness (QED) is 0.617. The Kier molecular flexibility index (Phi) is 3.63. The number of hydrogen-bond acceptors (Lipinski definition) is 1. The lowest BCUT2D eigenvalue weighted by Gasteiger charge is -2.10. The third-order valence-corrected chi connectivity index (χ3v) is 2.92. The highest BCUT2D eigenvalue weighted by atomic mass is 14.5. The van der Waals surface area contributed by atoms with Gasteiger partial charge in [-0.25, -0.2) is 0 Å². The zero-order chi connectivity index (χ0) is 13.0. The van der Waals surface area contributed by atoms with Crippen molar-refractivity contribution in [3.05, 3.63) is 72.3 Å². The maximum Gasteiger partial charge on any atom is 0.0320 e. The van der Waals surface area contributed by atoms with E-state index < -0.39 is 0 Å². The highest BCUT2D eigenvalue weighted by Crippen LogP contribution is 2.28. The molecule has 2 N–H and O–H groups in total. The van der Waals surface area contributed by atoms with Crippen molar-refractivity contribution in [2.24, 2.45) is 0 Å². The number of hydrogen-bond donors (Lipinski definition) is 1. The minimum absolute atomic E-state index is 0.785. The second-order valence-electron chi connectivity index (χ2n) is 4.26. The minimum atomic E-state index is 0.785. The molecule has 0 unspecified atom stereocenters. The smallest absolute Gasteiger partial charge is 0.0320 e. The summed E-state index contributed by atoms with van der Waals surface area (Å²) in [5, 5.41) is 0. The molecular formula is C17H17N. The van der Waals surface area contributed by atoms with Crippen LogP contribution in [0.3, 0.4) is 0 Å². The van der Waals surface area contributed by atoms with E-state index in [-0.39, 0.29) is 0 Å². The second kappa shape index (κ2) is 5.37. The lowest BCUT2D eigenvalue weighted by Crippen LogP contribution is -1.89. The zero-order valence-corrected chi connectivity index (χ0v) is 10.6. The third kappa shape index (κ3) is 2.51. The maximum absolute atomic E-state index is 5.85. The van der Waals surface area contributed by atoms with Gasteiger partial charge in [0, 0.05) is 5.69 Å². The molecule has 1 heteroatoms. The van der Waals surface area contributed by atoms with E-state index in [1.165, 1.54) is 16.7 Å². The van der Waals surface area contributed by atoms with E-state index in [0.717, 1.165) is 11.3 Å². The molecule has 0 saturated heterocycles. The summed E-state index contributed by atoms with van der Waals surface area (Å²) in [7, 11) is 0. The van der Waals surface area contributed by atoms with Crippen LogP contribution in [0.1, 0.15) is 11.1 Å². The van der Waals surface area contributed by atoms with Crippen LogP contribution in [0, 0.1) is 6.92 Å². The predicted molar refractivity (Wildman–Crippen MR) is 80.3 cm³/mol. The van der Waals surface area contributed by atoms with Gasteiger partial charge in [-0.1, -0.05) is 55.1 Å². The number of benzene rings is 2. The van der Waals surface area contributed by atoms with Gasteiger partial charge >= 0.3 is 0 Å². The summed E-state index contributed by atoms with van der Waals surface area (Å²) in [6.07, 6.45) is 5.83. The van der Waals surface area contributed by atoms with Crippen molar-refractivity contribution in [2.75, 3.05) is 5.73 Å². The molecular weight excluding hydrogens is 218 g/mol. The summed E-state index contributed by atoms with van der Waals surface area (Å²) < 4.78 is 0. The summed E-state index contributed by atoms with van der Waals surface area (Å²) in [4.78, 5) is 0. The molecule has 0 heterocycles. The summed E-state index contributed by atoms with van der Waals surface area (Å²) in [5.41, 5.74) is 11.4. The van der Waals surface area contributed by atoms with Crippen molar-refractivity contribution in [2.45, 2.75) is 6.92 Å². The number of rotatable bonds is 3. The van der Waals surface area contributed by atoms with E-state index in [4.69, 9.17) is 5.73 Å². The average Bonchev–Trinajstić information content (AvgIpc) is 2.37. The molecule has 0 fully saturated rings. The highest BCUT2D eigenvalue weighted by Gasteiger charge is 2.05. The normalized spacial score (nSPS) is 10.7. The molecule has 0 spiro atoms. The monoisotopic (exact) mass is 235 g/mol. The number of nitrogen functional groups attached to an aromatic ring is 1. The van der Waals surface area contributed by atoms with Crippen molar-refractivity contribution >= 4 is 11.8 Å². The molecule has 0 aliphatic rings. The Hall–Kier alpha value is -2.28. The molecule has 0 aliphatic heterocycles. The van der Waals surface area contributed by atoms with Crippen LogP contribution in [0.2, 0.25) is 0 Å². The van der Waals surface area contributed by atoms with Gasteiger partial charge in [0.05, 0.1) is 0 Å². The largest absolute Gasteiger partial charge is 0.399 e. The van der Waals surface area contributed by atoms with Crippen LogP contribution in [-0.2, 0) is 0 Å². The summed E-state index contributed by atoms with van der Waals surface area (Å²) >= 11 is 0. The van der Waals surface area contributed by atoms with E-state index in [2.05, 4.69) is 43.8 Å². The van der Waals surface area contributed by atoms with Crippen LogP contribution in [-0.4, -0.2) is 0 Å². The molecule has 2 aromatic rings. The van der Waals surface area contributed by atoms with Crippen molar-refractivity contribution in [3.8, 4) is 11.1 Å². The molecule has 1 nitrogen and oxygen atoms in total. The SMILES string of the molecule is C=C/C=C\c1c(C)cccc1-c1cccc(N)c1. The Balaban J connectivity index is 2.60. The Morgan fingerprint density at radius 2 is 1.89 bits per heavy atom. The van der Waals surface area contributed by atoms with Gasteiger partial charge in [-0.3, -0.25) is 0 Å². The van der Waals surface area contributed by atoms with Gasteiger partial charge in [0.25, 0.3) is 0 Å². The van der Waals surface area contributed by atoms with Crippen molar-refractivity contribution in [1.29, 1.82) is 0 Å². The van der Waals surface area contributed by atoms with E-state index in [9.17, 15) is 0 Å². The first-order valence-corrected chi connectivity index (χ1v) is 5.97. The summed E-state index contributed by atoms with van der Waals surface area (Å²) in [6.45, 7) is 5.82. The molecule has 0 radical (unpaired) electrons. The summed E-state index contributed by atoms with van der Waals surface area (Å²) in [5.74, 6) is 0. The van der Waals surface area contributed by atoms with Gasteiger partial charge in [0.1, 0.15) is 0 Å². The first-order chi connectivity index (χ1) is 8.72. The average molecular weight is 235 g/mol. The van der Waals surface area contributed by atoms with Crippen molar-refractivity contribution in [3.63, 3.8) is 0 Å². The molecule has 2 rings (SSSR count). The number of nitrogens with two attached hydrogens (primary N) is 1. The maximum atomic E-state index is 5.85. The van der Waals surface area contributed by atoms with E-state index in [1.54, 1.807) is 6.08 Å². The molecule has 2 aromatic carbocycles. The molecule has 90 valence electrons. The number of anilines is 1. The molecule has 0 bridgehead atoms. The fraction of sp³-hybridized carbons (Fsp3) is 0.0588. The Labute approximate surface area is 108 Å². The molecule has 18 heavy (non-hydrogen) atoms. The Bertz CT molecular complexity index is 594. The van der Waals surface area contributed by atoms with Gasteiger partial charge in [-0.05, 0) is 41.3 Å². The third-order valence-electron chi connectivity index (χ3n) is 2.92. The highest BCUT2D eigenvalue weighted by molar-refractivity contribution is 5.78. The van der Waals surface area contributed by atoms with Crippen LogP contribution < -0.4 is 5.73 Å². The van der Waals surface area contributed by atoms with Crippen molar-refractivity contribution < 1.29 is 0 Å². The van der Waals surface area contributed by atoms with Gasteiger partial charge < -0.3 is 5.73 Å². The Morgan fingerprint density at radius 3 is 2.61 bits per heavy atom. The van der Waals surface area contributed by atoms with E-state index in [1.807, 2.05) is 24.3 Å². The fourth-order valence-corrected chi connectivity index (χ4v) is 2.02. The lowest BCUT2D eigenvalue weighted by molar-refractivity contribution is 1.44. The molecule has 0 saturated carbocycles. The van der Waals surface area contributed by atoms with Crippen LogP contribution in [0.4, 0.5) is 5.69 Å². The second-order valence-corrected chi connectivity index (χ2v) is 4.26. The fourth-order valence-electron chi connectivity index (χ4n) is 2.02. The predicted octanol–water partition coefficient (Wildman–Crippen LogP) is 4.44. The standard InChI is InChI=1S/C17H17N/c1-3-4-10-16-13(2)7-5-11-17(16)14-8-6-9-15(18)12-14/h3-12H,1,18H2,2H3/b10-4-.